The average molecular weight is 294 g/mol. The second-order valence-electron chi connectivity index (χ2n) is 4.48. The molecule has 20 heavy (non-hydrogen) atoms. The van der Waals surface area contributed by atoms with Crippen LogP contribution in [0.1, 0.15) is 25.1 Å². The van der Waals surface area contributed by atoms with Crippen molar-refractivity contribution < 1.29 is 4.39 Å². The maximum atomic E-state index is 13.2. The van der Waals surface area contributed by atoms with Crippen LogP contribution in [0.5, 0.6) is 0 Å². The van der Waals surface area contributed by atoms with Crippen LogP contribution in [0, 0.1) is 12.7 Å². The summed E-state index contributed by atoms with van der Waals surface area (Å²) in [6.45, 7) is 6.84. The van der Waals surface area contributed by atoms with Crippen molar-refractivity contribution in [3.8, 4) is 11.4 Å². The van der Waals surface area contributed by atoms with Crippen molar-refractivity contribution in [3.05, 3.63) is 40.3 Å². The van der Waals surface area contributed by atoms with Crippen LogP contribution in [0.2, 0.25) is 5.02 Å². The maximum Gasteiger partial charge on any atom is 0.161 e. The van der Waals surface area contributed by atoms with E-state index in [1.54, 1.807) is 12.1 Å². The van der Waals surface area contributed by atoms with Crippen LogP contribution >= 0.6 is 11.6 Å². The van der Waals surface area contributed by atoms with Gasteiger partial charge in [-0.2, -0.15) is 0 Å². The molecule has 0 fully saturated rings. The second kappa shape index (κ2) is 6.18. The molecule has 0 amide bonds. The highest BCUT2D eigenvalue weighted by molar-refractivity contribution is 6.31. The van der Waals surface area contributed by atoms with Crippen molar-refractivity contribution in [1.29, 1.82) is 0 Å². The minimum absolute atomic E-state index is 0.0784. The molecular weight excluding hydrogens is 277 g/mol. The summed E-state index contributed by atoms with van der Waals surface area (Å²) in [6, 6.07) is 4.52. The maximum absolute atomic E-state index is 13.2. The third-order valence-corrected chi connectivity index (χ3v) is 3.39. The molecular formula is C15H17ClFN3. The van der Waals surface area contributed by atoms with Gasteiger partial charge in [0.05, 0.1) is 5.02 Å². The first-order chi connectivity index (χ1) is 9.56. The van der Waals surface area contributed by atoms with Gasteiger partial charge in [0, 0.05) is 23.4 Å². The number of hydrogen-bond acceptors (Lipinski definition) is 3. The molecule has 0 spiro atoms. The third kappa shape index (κ3) is 2.90. The molecule has 0 bridgehead atoms. The highest BCUT2D eigenvalue weighted by atomic mass is 35.5. The van der Waals surface area contributed by atoms with E-state index in [1.807, 2.05) is 20.8 Å². The quantitative estimate of drug-likeness (QED) is 0.916. The summed E-state index contributed by atoms with van der Waals surface area (Å²) in [5.41, 5.74) is 2.74. The third-order valence-electron chi connectivity index (χ3n) is 3.10. The molecule has 1 N–H and O–H groups in total. The Morgan fingerprint density at radius 3 is 2.60 bits per heavy atom. The Kier molecular flexibility index (Phi) is 4.55. The Hall–Kier alpha value is -1.68. The minimum atomic E-state index is -0.440. The van der Waals surface area contributed by atoms with Crippen LogP contribution in [0.3, 0.4) is 0 Å². The molecule has 0 unspecified atom stereocenters. The number of nitrogens with zero attached hydrogens (tertiary/aromatic N) is 2. The fourth-order valence-electron chi connectivity index (χ4n) is 2.01. The largest absolute Gasteiger partial charge is 0.370 e. The zero-order valence-corrected chi connectivity index (χ0v) is 12.6. The summed E-state index contributed by atoms with van der Waals surface area (Å²) in [5, 5.41) is 3.31. The summed E-state index contributed by atoms with van der Waals surface area (Å²) >= 11 is 5.82. The average Bonchev–Trinajstić information content (AvgIpc) is 2.44. The molecule has 1 aromatic carbocycles. The van der Waals surface area contributed by atoms with Gasteiger partial charge in [-0.05, 0) is 38.5 Å². The van der Waals surface area contributed by atoms with Crippen LogP contribution in [0.25, 0.3) is 11.4 Å². The Balaban J connectivity index is 2.55. The van der Waals surface area contributed by atoms with E-state index in [9.17, 15) is 4.39 Å². The first-order valence-corrected chi connectivity index (χ1v) is 7.01. The standard InChI is InChI=1S/C15H17ClFN3/c1-4-13-9(3)14(18-5-2)20-15(19-13)10-6-7-12(17)11(16)8-10/h6-8H,4-5H2,1-3H3,(H,18,19,20). The molecule has 0 aliphatic heterocycles. The molecule has 0 aliphatic rings. The zero-order valence-electron chi connectivity index (χ0n) is 11.8. The Morgan fingerprint density at radius 1 is 1.25 bits per heavy atom. The number of halogens is 2. The van der Waals surface area contributed by atoms with E-state index in [0.29, 0.717) is 11.4 Å². The molecule has 0 radical (unpaired) electrons. The zero-order chi connectivity index (χ0) is 14.7. The fourth-order valence-corrected chi connectivity index (χ4v) is 2.19. The van der Waals surface area contributed by atoms with Gasteiger partial charge in [0.25, 0.3) is 0 Å². The van der Waals surface area contributed by atoms with Gasteiger partial charge in [0.15, 0.2) is 5.82 Å². The van der Waals surface area contributed by atoms with Crippen molar-refractivity contribution in [2.45, 2.75) is 27.2 Å². The SMILES string of the molecule is CCNc1nc(-c2ccc(F)c(Cl)c2)nc(CC)c1C. The molecule has 5 heteroatoms. The van der Waals surface area contributed by atoms with Crippen molar-refractivity contribution in [1.82, 2.24) is 9.97 Å². The first kappa shape index (κ1) is 14.7. The lowest BCUT2D eigenvalue weighted by Crippen LogP contribution is -2.07. The summed E-state index contributed by atoms with van der Waals surface area (Å²) < 4.78 is 13.2. The van der Waals surface area contributed by atoms with E-state index < -0.39 is 5.82 Å². The van der Waals surface area contributed by atoms with Crippen molar-refractivity contribution in [2.24, 2.45) is 0 Å². The fraction of sp³-hybridized carbons (Fsp3) is 0.333. The molecule has 1 heterocycles. The van der Waals surface area contributed by atoms with Gasteiger partial charge < -0.3 is 5.32 Å². The Bertz CT molecular complexity index is 629. The summed E-state index contributed by atoms with van der Waals surface area (Å²) in [5.74, 6) is 0.935. The van der Waals surface area contributed by atoms with Gasteiger partial charge in [-0.3, -0.25) is 0 Å². The van der Waals surface area contributed by atoms with E-state index in [0.717, 1.165) is 30.0 Å². The van der Waals surface area contributed by atoms with Gasteiger partial charge in [-0.15, -0.1) is 0 Å². The Labute approximate surface area is 123 Å². The van der Waals surface area contributed by atoms with E-state index in [1.165, 1.54) is 6.07 Å². The molecule has 1 aromatic heterocycles. The van der Waals surface area contributed by atoms with Crippen LogP contribution < -0.4 is 5.32 Å². The molecule has 0 aliphatic carbocycles. The van der Waals surface area contributed by atoms with E-state index in [4.69, 9.17) is 11.6 Å². The van der Waals surface area contributed by atoms with Gasteiger partial charge in [0.1, 0.15) is 11.6 Å². The van der Waals surface area contributed by atoms with Gasteiger partial charge in [-0.1, -0.05) is 18.5 Å². The van der Waals surface area contributed by atoms with Crippen LogP contribution in [-0.2, 0) is 6.42 Å². The van der Waals surface area contributed by atoms with Crippen LogP contribution in [0.15, 0.2) is 18.2 Å². The second-order valence-corrected chi connectivity index (χ2v) is 4.89. The Morgan fingerprint density at radius 2 is 2.00 bits per heavy atom. The predicted molar refractivity (Wildman–Crippen MR) is 80.7 cm³/mol. The normalized spacial score (nSPS) is 10.7. The van der Waals surface area contributed by atoms with E-state index >= 15 is 0 Å². The molecule has 2 rings (SSSR count). The van der Waals surface area contributed by atoms with Crippen molar-refractivity contribution in [2.75, 3.05) is 11.9 Å². The van der Waals surface area contributed by atoms with E-state index in [2.05, 4.69) is 15.3 Å². The molecule has 0 atom stereocenters. The highest BCUT2D eigenvalue weighted by Gasteiger charge is 2.12. The molecule has 2 aromatic rings. The molecule has 3 nitrogen and oxygen atoms in total. The van der Waals surface area contributed by atoms with Crippen molar-refractivity contribution >= 4 is 17.4 Å². The minimum Gasteiger partial charge on any atom is -0.370 e. The molecule has 0 saturated heterocycles. The number of anilines is 1. The molecule has 106 valence electrons. The number of nitrogens with one attached hydrogen (secondary N) is 1. The number of rotatable bonds is 4. The lowest BCUT2D eigenvalue weighted by Gasteiger charge is -2.12. The highest BCUT2D eigenvalue weighted by Crippen LogP contribution is 2.25. The summed E-state index contributed by atoms with van der Waals surface area (Å²) in [6.07, 6.45) is 0.814. The van der Waals surface area contributed by atoms with Gasteiger partial charge in [0.2, 0.25) is 0 Å². The summed E-state index contributed by atoms with van der Waals surface area (Å²) in [4.78, 5) is 9.05. The number of hydrogen-bond donors (Lipinski definition) is 1. The monoisotopic (exact) mass is 293 g/mol. The van der Waals surface area contributed by atoms with E-state index in [-0.39, 0.29) is 5.02 Å². The number of benzene rings is 1. The van der Waals surface area contributed by atoms with Crippen LogP contribution in [0.4, 0.5) is 10.2 Å². The molecule has 0 saturated carbocycles. The lowest BCUT2D eigenvalue weighted by molar-refractivity contribution is 0.628. The van der Waals surface area contributed by atoms with Gasteiger partial charge >= 0.3 is 0 Å². The first-order valence-electron chi connectivity index (χ1n) is 6.63. The lowest BCUT2D eigenvalue weighted by atomic mass is 10.1. The smallest absolute Gasteiger partial charge is 0.161 e. The summed E-state index contributed by atoms with van der Waals surface area (Å²) in [7, 11) is 0. The van der Waals surface area contributed by atoms with Crippen molar-refractivity contribution in [3.63, 3.8) is 0 Å². The number of aryl methyl sites for hydroxylation is 1. The van der Waals surface area contributed by atoms with Gasteiger partial charge in [-0.25, -0.2) is 14.4 Å². The predicted octanol–water partition coefficient (Wildman–Crippen LogP) is 4.24. The number of aromatic nitrogens is 2. The van der Waals surface area contributed by atoms with Crippen LogP contribution in [-0.4, -0.2) is 16.5 Å². The topological polar surface area (TPSA) is 37.8 Å².